The summed E-state index contributed by atoms with van der Waals surface area (Å²) in [5, 5.41) is 2.98. The average Bonchev–Trinajstić information content (AvgIpc) is 3.36. The number of rotatable bonds is 5. The van der Waals surface area contributed by atoms with Crippen LogP contribution in [0.25, 0.3) is 0 Å². The maximum absolute atomic E-state index is 11.9. The Bertz CT molecular complexity index is 727. The summed E-state index contributed by atoms with van der Waals surface area (Å²) in [6, 6.07) is 17.0. The highest BCUT2D eigenvalue weighted by atomic mass is 32.2. The van der Waals surface area contributed by atoms with Crippen LogP contribution in [0.2, 0.25) is 0 Å². The van der Waals surface area contributed by atoms with Gasteiger partial charge in [-0.3, -0.25) is 4.79 Å². The van der Waals surface area contributed by atoms with E-state index in [1.807, 2.05) is 11.8 Å². The number of amides is 1. The van der Waals surface area contributed by atoms with Crippen molar-refractivity contribution < 1.29 is 4.79 Å². The molecule has 5 heteroatoms. The van der Waals surface area contributed by atoms with Crippen molar-refractivity contribution in [2.45, 2.75) is 34.6 Å². The standard InChI is InChI=1S/C19H21N3OS/c20-19(10-11-19)18(23)21-12-5-13-22-14-6-1-3-8-16(14)24-17-9-4-2-7-15(17)22/h1-4,6-9H,5,10-13,20H2,(H,21,23). The number of benzene rings is 2. The molecule has 4 rings (SSSR count). The second kappa shape index (κ2) is 6.15. The molecule has 0 unspecified atom stereocenters. The fourth-order valence-corrected chi connectivity index (χ4v) is 4.09. The number of para-hydroxylation sites is 2. The summed E-state index contributed by atoms with van der Waals surface area (Å²) in [5.74, 6) is -0.00231. The van der Waals surface area contributed by atoms with E-state index in [0.717, 1.165) is 25.8 Å². The van der Waals surface area contributed by atoms with Gasteiger partial charge < -0.3 is 16.0 Å². The molecule has 124 valence electrons. The van der Waals surface area contributed by atoms with Gasteiger partial charge in [0.1, 0.15) is 0 Å². The van der Waals surface area contributed by atoms with E-state index in [0.29, 0.717) is 6.54 Å². The van der Waals surface area contributed by atoms with Crippen LogP contribution < -0.4 is 16.0 Å². The molecule has 2 aromatic carbocycles. The van der Waals surface area contributed by atoms with E-state index in [4.69, 9.17) is 5.73 Å². The average molecular weight is 339 g/mol. The molecule has 0 atom stereocenters. The van der Waals surface area contributed by atoms with Gasteiger partial charge in [-0.1, -0.05) is 36.0 Å². The lowest BCUT2D eigenvalue weighted by molar-refractivity contribution is -0.123. The van der Waals surface area contributed by atoms with Crippen LogP contribution in [-0.4, -0.2) is 24.5 Å². The number of carbonyl (C=O) groups excluding carboxylic acids is 1. The Morgan fingerprint density at radius 3 is 2.25 bits per heavy atom. The van der Waals surface area contributed by atoms with Gasteiger partial charge in [0, 0.05) is 22.9 Å². The largest absolute Gasteiger partial charge is 0.354 e. The number of hydrogen-bond acceptors (Lipinski definition) is 4. The molecule has 1 fully saturated rings. The molecule has 2 aromatic rings. The van der Waals surface area contributed by atoms with Crippen molar-refractivity contribution in [3.8, 4) is 0 Å². The van der Waals surface area contributed by atoms with Crippen molar-refractivity contribution in [1.82, 2.24) is 5.32 Å². The monoisotopic (exact) mass is 339 g/mol. The molecule has 0 radical (unpaired) electrons. The number of nitrogens with two attached hydrogens (primary N) is 1. The third-order valence-electron chi connectivity index (χ3n) is 4.62. The molecule has 1 saturated carbocycles. The second-order valence-corrected chi connectivity index (χ2v) is 7.54. The van der Waals surface area contributed by atoms with Crippen molar-refractivity contribution in [3.63, 3.8) is 0 Å². The van der Waals surface area contributed by atoms with Gasteiger partial charge in [-0.2, -0.15) is 0 Å². The van der Waals surface area contributed by atoms with Crippen LogP contribution in [0, 0.1) is 0 Å². The normalized spacial score (nSPS) is 17.0. The van der Waals surface area contributed by atoms with Crippen molar-refractivity contribution in [1.29, 1.82) is 0 Å². The Morgan fingerprint density at radius 1 is 1.08 bits per heavy atom. The van der Waals surface area contributed by atoms with E-state index in [1.165, 1.54) is 21.2 Å². The first kappa shape index (κ1) is 15.5. The molecule has 2 aliphatic rings. The first-order valence-electron chi connectivity index (χ1n) is 8.38. The minimum Gasteiger partial charge on any atom is -0.354 e. The van der Waals surface area contributed by atoms with Crippen LogP contribution in [0.4, 0.5) is 11.4 Å². The van der Waals surface area contributed by atoms with Gasteiger partial charge >= 0.3 is 0 Å². The number of anilines is 2. The van der Waals surface area contributed by atoms with Crippen LogP contribution in [0.5, 0.6) is 0 Å². The van der Waals surface area contributed by atoms with Crippen LogP contribution in [0.1, 0.15) is 19.3 Å². The van der Waals surface area contributed by atoms with Crippen LogP contribution in [0.3, 0.4) is 0 Å². The summed E-state index contributed by atoms with van der Waals surface area (Å²) in [6.45, 7) is 1.53. The molecule has 24 heavy (non-hydrogen) atoms. The number of hydrogen-bond donors (Lipinski definition) is 2. The van der Waals surface area contributed by atoms with Gasteiger partial charge in [-0.25, -0.2) is 0 Å². The Kier molecular flexibility index (Phi) is 3.98. The first-order chi connectivity index (χ1) is 11.7. The van der Waals surface area contributed by atoms with E-state index >= 15 is 0 Å². The minimum atomic E-state index is -0.582. The molecule has 0 spiro atoms. The van der Waals surface area contributed by atoms with Crippen molar-refractivity contribution >= 4 is 29.0 Å². The second-order valence-electron chi connectivity index (χ2n) is 6.45. The summed E-state index contributed by atoms with van der Waals surface area (Å²) in [6.07, 6.45) is 2.50. The fourth-order valence-electron chi connectivity index (χ4n) is 3.00. The lowest BCUT2D eigenvalue weighted by Crippen LogP contribution is -2.43. The summed E-state index contributed by atoms with van der Waals surface area (Å²) >= 11 is 1.81. The zero-order valence-electron chi connectivity index (χ0n) is 13.5. The molecular weight excluding hydrogens is 318 g/mol. The predicted octanol–water partition coefficient (Wildman–Crippen LogP) is 3.29. The molecule has 0 saturated heterocycles. The predicted molar refractivity (Wildman–Crippen MR) is 97.8 cm³/mol. The molecule has 1 amide bonds. The van der Waals surface area contributed by atoms with Crippen molar-refractivity contribution in [2.24, 2.45) is 5.73 Å². The zero-order valence-corrected chi connectivity index (χ0v) is 14.3. The van der Waals surface area contributed by atoms with Crippen molar-refractivity contribution in [3.05, 3.63) is 48.5 Å². The van der Waals surface area contributed by atoms with Gasteiger partial charge in [0.15, 0.2) is 0 Å². The third kappa shape index (κ3) is 2.89. The Hall–Kier alpha value is -1.98. The summed E-state index contributed by atoms with van der Waals surface area (Å²) in [7, 11) is 0. The van der Waals surface area contributed by atoms with Crippen molar-refractivity contribution in [2.75, 3.05) is 18.0 Å². The van der Waals surface area contributed by atoms with Gasteiger partial charge in [-0.05, 0) is 43.5 Å². The molecule has 4 nitrogen and oxygen atoms in total. The fraction of sp³-hybridized carbons (Fsp3) is 0.316. The highest BCUT2D eigenvalue weighted by Crippen LogP contribution is 2.47. The maximum Gasteiger partial charge on any atom is 0.240 e. The number of nitrogens with one attached hydrogen (secondary N) is 1. The Labute approximate surface area is 146 Å². The van der Waals surface area contributed by atoms with E-state index < -0.39 is 5.54 Å². The third-order valence-corrected chi connectivity index (χ3v) is 5.75. The molecule has 1 aliphatic heterocycles. The SMILES string of the molecule is NC1(C(=O)NCCCN2c3ccccc3Sc3ccccc32)CC1. The highest BCUT2D eigenvalue weighted by molar-refractivity contribution is 7.99. The van der Waals surface area contributed by atoms with Crippen LogP contribution in [0.15, 0.2) is 58.3 Å². The molecule has 0 aromatic heterocycles. The maximum atomic E-state index is 11.9. The van der Waals surface area contributed by atoms with Crippen LogP contribution >= 0.6 is 11.8 Å². The van der Waals surface area contributed by atoms with E-state index in [1.54, 1.807) is 0 Å². The molecule has 1 aliphatic carbocycles. The summed E-state index contributed by atoms with van der Waals surface area (Å²) in [4.78, 5) is 16.8. The van der Waals surface area contributed by atoms with Gasteiger partial charge in [-0.15, -0.1) is 0 Å². The summed E-state index contributed by atoms with van der Waals surface area (Å²) in [5.41, 5.74) is 7.82. The lowest BCUT2D eigenvalue weighted by Gasteiger charge is -2.32. The van der Waals surface area contributed by atoms with Gasteiger partial charge in [0.2, 0.25) is 5.91 Å². The van der Waals surface area contributed by atoms with E-state index in [-0.39, 0.29) is 5.91 Å². The van der Waals surface area contributed by atoms with Crippen LogP contribution in [-0.2, 0) is 4.79 Å². The lowest BCUT2D eigenvalue weighted by atomic mass is 10.2. The number of carbonyl (C=O) groups is 1. The van der Waals surface area contributed by atoms with E-state index in [2.05, 4.69) is 58.7 Å². The smallest absolute Gasteiger partial charge is 0.240 e. The number of fused-ring (bicyclic) bond motifs is 2. The molecule has 1 heterocycles. The topological polar surface area (TPSA) is 58.4 Å². The quantitative estimate of drug-likeness (QED) is 0.821. The molecule has 3 N–H and O–H groups in total. The van der Waals surface area contributed by atoms with E-state index in [9.17, 15) is 4.79 Å². The minimum absolute atomic E-state index is 0.00231. The molecule has 0 bridgehead atoms. The molecular formula is C19H21N3OS. The highest BCUT2D eigenvalue weighted by Gasteiger charge is 2.45. The van der Waals surface area contributed by atoms with Gasteiger partial charge in [0.25, 0.3) is 0 Å². The summed E-state index contributed by atoms with van der Waals surface area (Å²) < 4.78 is 0. The zero-order chi connectivity index (χ0) is 16.6. The van der Waals surface area contributed by atoms with Gasteiger partial charge in [0.05, 0.1) is 16.9 Å². The number of nitrogens with zero attached hydrogens (tertiary/aromatic N) is 1. The first-order valence-corrected chi connectivity index (χ1v) is 9.20. The Morgan fingerprint density at radius 2 is 1.67 bits per heavy atom. The Balaban J connectivity index is 1.45.